The number of benzene rings is 1. The Hall–Kier alpha value is -2.38. The van der Waals surface area contributed by atoms with Crippen molar-refractivity contribution in [3.8, 4) is 0 Å². The van der Waals surface area contributed by atoms with Crippen LogP contribution in [0.1, 0.15) is 40.2 Å². The smallest absolute Gasteiger partial charge is 0.342 e. The van der Waals surface area contributed by atoms with Gasteiger partial charge in [0.1, 0.15) is 5.56 Å². The van der Waals surface area contributed by atoms with Gasteiger partial charge in [0, 0.05) is 18.2 Å². The molecular formula is C20H24ClN3O4. The lowest BCUT2D eigenvalue weighted by atomic mass is 10.2. The van der Waals surface area contributed by atoms with E-state index in [9.17, 15) is 9.59 Å². The van der Waals surface area contributed by atoms with Gasteiger partial charge in [0.05, 0.1) is 24.0 Å². The van der Waals surface area contributed by atoms with Crippen molar-refractivity contribution in [3.63, 3.8) is 0 Å². The SMILES string of the molecule is Cc1nn(Cc2ccccc2Cl)c(C)c1C(=O)OCC(=O)NC[C@H]1CCCO1. The average molecular weight is 406 g/mol. The number of nitrogens with zero attached hydrogens (tertiary/aromatic N) is 2. The van der Waals surface area contributed by atoms with Crippen molar-refractivity contribution >= 4 is 23.5 Å². The van der Waals surface area contributed by atoms with E-state index in [4.69, 9.17) is 21.1 Å². The van der Waals surface area contributed by atoms with Crippen molar-refractivity contribution in [2.75, 3.05) is 19.8 Å². The van der Waals surface area contributed by atoms with Gasteiger partial charge >= 0.3 is 5.97 Å². The van der Waals surface area contributed by atoms with E-state index in [2.05, 4.69) is 10.4 Å². The maximum atomic E-state index is 12.5. The summed E-state index contributed by atoms with van der Waals surface area (Å²) in [6.45, 7) is 4.81. The Labute approximate surface area is 169 Å². The molecule has 1 atom stereocenters. The molecule has 1 amide bonds. The van der Waals surface area contributed by atoms with Gasteiger partial charge in [0.2, 0.25) is 0 Å². The van der Waals surface area contributed by atoms with Crippen molar-refractivity contribution in [3.05, 3.63) is 51.8 Å². The molecule has 8 heteroatoms. The molecule has 150 valence electrons. The molecule has 0 spiro atoms. The minimum Gasteiger partial charge on any atom is -0.452 e. The Kier molecular flexibility index (Phi) is 6.70. The fraction of sp³-hybridized carbons (Fsp3) is 0.450. The Morgan fingerprint density at radius 3 is 2.86 bits per heavy atom. The van der Waals surface area contributed by atoms with E-state index in [1.807, 2.05) is 24.3 Å². The molecule has 7 nitrogen and oxygen atoms in total. The van der Waals surface area contributed by atoms with Crippen molar-refractivity contribution in [2.24, 2.45) is 0 Å². The molecule has 0 unspecified atom stereocenters. The summed E-state index contributed by atoms with van der Waals surface area (Å²) >= 11 is 6.21. The molecule has 2 heterocycles. The summed E-state index contributed by atoms with van der Waals surface area (Å²) in [6, 6.07) is 7.49. The van der Waals surface area contributed by atoms with Crippen molar-refractivity contribution < 1.29 is 19.1 Å². The second-order valence-corrected chi connectivity index (χ2v) is 7.22. The average Bonchev–Trinajstić information content (AvgIpc) is 3.28. The number of hydrogen-bond acceptors (Lipinski definition) is 5. The molecule has 3 rings (SSSR count). The van der Waals surface area contributed by atoms with Gasteiger partial charge in [-0.15, -0.1) is 0 Å². The number of carbonyl (C=O) groups excluding carboxylic acids is 2. The number of hydrogen-bond donors (Lipinski definition) is 1. The summed E-state index contributed by atoms with van der Waals surface area (Å²) in [4.78, 5) is 24.4. The van der Waals surface area contributed by atoms with Crippen molar-refractivity contribution in [1.82, 2.24) is 15.1 Å². The largest absolute Gasteiger partial charge is 0.452 e. The van der Waals surface area contributed by atoms with Gasteiger partial charge in [-0.3, -0.25) is 9.48 Å². The zero-order valence-electron chi connectivity index (χ0n) is 16.0. The van der Waals surface area contributed by atoms with E-state index >= 15 is 0 Å². The Bertz CT molecular complexity index is 859. The summed E-state index contributed by atoms with van der Waals surface area (Å²) in [5.41, 5.74) is 2.50. The van der Waals surface area contributed by atoms with Gasteiger partial charge in [-0.2, -0.15) is 5.10 Å². The Morgan fingerprint density at radius 1 is 1.36 bits per heavy atom. The molecular weight excluding hydrogens is 382 g/mol. The maximum absolute atomic E-state index is 12.5. The first-order chi connectivity index (χ1) is 13.5. The highest BCUT2D eigenvalue weighted by molar-refractivity contribution is 6.31. The number of amides is 1. The van der Waals surface area contributed by atoms with E-state index in [0.29, 0.717) is 35.1 Å². The van der Waals surface area contributed by atoms with Crippen LogP contribution in [0.25, 0.3) is 0 Å². The van der Waals surface area contributed by atoms with Gasteiger partial charge in [-0.05, 0) is 38.3 Å². The standard InChI is InChI=1S/C20H24ClN3O4/c1-13-19(14(2)24(23-13)11-15-6-3-4-8-17(15)21)20(26)28-12-18(25)22-10-16-7-5-9-27-16/h3-4,6,8,16H,5,7,9-12H2,1-2H3,(H,22,25)/t16-/m1/s1. The Morgan fingerprint density at radius 2 is 2.14 bits per heavy atom. The molecule has 1 N–H and O–H groups in total. The number of rotatable bonds is 7. The van der Waals surface area contributed by atoms with Gasteiger partial charge in [0.25, 0.3) is 5.91 Å². The van der Waals surface area contributed by atoms with Gasteiger partial charge in [-0.25, -0.2) is 4.79 Å². The highest BCUT2D eigenvalue weighted by atomic mass is 35.5. The van der Waals surface area contributed by atoms with E-state index in [0.717, 1.165) is 25.0 Å². The zero-order chi connectivity index (χ0) is 20.1. The Balaban J connectivity index is 1.58. The molecule has 0 saturated carbocycles. The van der Waals surface area contributed by atoms with Gasteiger partial charge in [-0.1, -0.05) is 29.8 Å². The van der Waals surface area contributed by atoms with Crippen LogP contribution in [0.3, 0.4) is 0 Å². The number of aromatic nitrogens is 2. The number of esters is 1. The summed E-state index contributed by atoms with van der Waals surface area (Å²) in [6.07, 6.45) is 1.99. The highest BCUT2D eigenvalue weighted by Gasteiger charge is 2.22. The van der Waals surface area contributed by atoms with Crippen LogP contribution in [-0.4, -0.2) is 47.5 Å². The fourth-order valence-corrected chi connectivity index (χ4v) is 3.42. The minimum atomic E-state index is -0.562. The quantitative estimate of drug-likeness (QED) is 0.716. The maximum Gasteiger partial charge on any atom is 0.342 e. The van der Waals surface area contributed by atoms with Gasteiger partial charge in [0.15, 0.2) is 6.61 Å². The second-order valence-electron chi connectivity index (χ2n) is 6.81. The number of halogens is 1. The molecule has 1 fully saturated rings. The van der Waals surface area contributed by atoms with Crippen molar-refractivity contribution in [2.45, 2.75) is 39.3 Å². The molecule has 0 radical (unpaired) electrons. The monoisotopic (exact) mass is 405 g/mol. The van der Waals surface area contributed by atoms with E-state index in [1.165, 1.54) is 0 Å². The predicted octanol–water partition coefficient (Wildman–Crippen LogP) is 2.65. The topological polar surface area (TPSA) is 82.5 Å². The number of nitrogens with one attached hydrogen (secondary N) is 1. The molecule has 1 aliphatic heterocycles. The second kappa shape index (κ2) is 9.21. The number of ether oxygens (including phenoxy) is 2. The van der Waals surface area contributed by atoms with Crippen LogP contribution in [0.5, 0.6) is 0 Å². The first-order valence-electron chi connectivity index (χ1n) is 9.28. The van der Waals surface area contributed by atoms with Gasteiger partial charge < -0.3 is 14.8 Å². The molecule has 1 aromatic carbocycles. The third-order valence-corrected chi connectivity index (χ3v) is 5.12. The summed E-state index contributed by atoms with van der Waals surface area (Å²) < 4.78 is 12.3. The van der Waals surface area contributed by atoms with Crippen LogP contribution in [0, 0.1) is 13.8 Å². The first kappa shape index (κ1) is 20.4. The van der Waals surface area contributed by atoms with Crippen LogP contribution in [-0.2, 0) is 20.8 Å². The van der Waals surface area contributed by atoms with Crippen LogP contribution in [0.15, 0.2) is 24.3 Å². The zero-order valence-corrected chi connectivity index (χ0v) is 16.8. The van der Waals surface area contributed by atoms with Crippen molar-refractivity contribution in [1.29, 1.82) is 0 Å². The summed E-state index contributed by atoms with van der Waals surface area (Å²) in [5, 5.41) is 7.79. The summed E-state index contributed by atoms with van der Waals surface area (Å²) in [5.74, 6) is -0.907. The lowest BCUT2D eigenvalue weighted by Crippen LogP contribution is -2.34. The van der Waals surface area contributed by atoms with Crippen LogP contribution >= 0.6 is 11.6 Å². The lowest BCUT2D eigenvalue weighted by Gasteiger charge is -2.11. The number of aryl methyl sites for hydroxylation is 1. The summed E-state index contributed by atoms with van der Waals surface area (Å²) in [7, 11) is 0. The molecule has 0 aliphatic carbocycles. The van der Waals surface area contributed by atoms with Crippen LogP contribution in [0.2, 0.25) is 5.02 Å². The first-order valence-corrected chi connectivity index (χ1v) is 9.66. The molecule has 0 bridgehead atoms. The molecule has 2 aromatic rings. The van der Waals surface area contributed by atoms with E-state index < -0.39 is 5.97 Å². The van der Waals surface area contributed by atoms with Crippen LogP contribution < -0.4 is 5.32 Å². The molecule has 1 aliphatic rings. The lowest BCUT2D eigenvalue weighted by molar-refractivity contribution is -0.124. The number of carbonyl (C=O) groups is 2. The third-order valence-electron chi connectivity index (χ3n) is 4.75. The predicted molar refractivity (Wildman–Crippen MR) is 105 cm³/mol. The fourth-order valence-electron chi connectivity index (χ4n) is 3.22. The normalized spacial score (nSPS) is 16.2. The van der Waals surface area contributed by atoms with Crippen LogP contribution in [0.4, 0.5) is 0 Å². The molecule has 1 saturated heterocycles. The highest BCUT2D eigenvalue weighted by Crippen LogP contribution is 2.20. The van der Waals surface area contributed by atoms with E-state index in [-0.39, 0.29) is 18.6 Å². The minimum absolute atomic E-state index is 0.0483. The molecule has 28 heavy (non-hydrogen) atoms. The molecule has 1 aromatic heterocycles. The van der Waals surface area contributed by atoms with E-state index in [1.54, 1.807) is 18.5 Å². The third kappa shape index (κ3) is 4.91.